The van der Waals surface area contributed by atoms with Crippen LogP contribution in [0.4, 0.5) is 0 Å². The molecule has 2 rings (SSSR count). The summed E-state index contributed by atoms with van der Waals surface area (Å²) in [6, 6.07) is 9.72. The maximum absolute atomic E-state index is 12.4. The van der Waals surface area contributed by atoms with E-state index in [9.17, 15) is 15.0 Å². The number of hydrogen-bond donors (Lipinski definition) is 2. The largest absolute Gasteiger partial charge is 0.504 e. The fraction of sp³-hybridized carbons (Fsp3) is 0.133. The molecule has 0 bridgehead atoms. The summed E-state index contributed by atoms with van der Waals surface area (Å²) in [7, 11) is 2.67. The molecule has 2 N–H and O–H groups in total. The first kappa shape index (κ1) is 13.7. The van der Waals surface area contributed by atoms with Crippen LogP contribution in [0.25, 0.3) is 0 Å². The van der Waals surface area contributed by atoms with Gasteiger partial charge >= 0.3 is 0 Å². The minimum absolute atomic E-state index is 0.0771. The average Bonchev–Trinajstić information content (AvgIpc) is 2.49. The summed E-state index contributed by atoms with van der Waals surface area (Å²) in [5.74, 6) is -1.24. The van der Waals surface area contributed by atoms with Crippen molar-refractivity contribution in [3.8, 4) is 23.0 Å². The SMILES string of the molecule is COc1c(C(=O)c2ccccc2)cc(O)c(O)c1OC. The topological polar surface area (TPSA) is 76.0 Å². The minimum atomic E-state index is -0.464. The van der Waals surface area contributed by atoms with Gasteiger partial charge in [-0.15, -0.1) is 0 Å². The zero-order valence-electron chi connectivity index (χ0n) is 11.1. The highest BCUT2D eigenvalue weighted by Crippen LogP contribution is 2.45. The monoisotopic (exact) mass is 274 g/mol. The van der Waals surface area contributed by atoms with E-state index in [4.69, 9.17) is 9.47 Å². The molecular weight excluding hydrogens is 260 g/mol. The average molecular weight is 274 g/mol. The molecule has 0 amide bonds. The van der Waals surface area contributed by atoms with Crippen molar-refractivity contribution in [3.05, 3.63) is 47.5 Å². The quantitative estimate of drug-likeness (QED) is 0.661. The summed E-state index contributed by atoms with van der Waals surface area (Å²) in [6.45, 7) is 0. The highest BCUT2D eigenvalue weighted by atomic mass is 16.5. The van der Waals surface area contributed by atoms with Gasteiger partial charge in [0.25, 0.3) is 0 Å². The Hall–Kier alpha value is -2.69. The number of aromatic hydroxyl groups is 2. The van der Waals surface area contributed by atoms with Gasteiger partial charge in [0.15, 0.2) is 17.3 Å². The van der Waals surface area contributed by atoms with E-state index in [2.05, 4.69) is 0 Å². The molecule has 0 fully saturated rings. The molecule has 0 aliphatic rings. The molecule has 5 nitrogen and oxygen atoms in total. The van der Waals surface area contributed by atoms with Crippen molar-refractivity contribution in [2.24, 2.45) is 0 Å². The van der Waals surface area contributed by atoms with Crippen LogP contribution in [0.15, 0.2) is 36.4 Å². The van der Waals surface area contributed by atoms with Crippen molar-refractivity contribution in [1.82, 2.24) is 0 Å². The van der Waals surface area contributed by atoms with Crippen LogP contribution < -0.4 is 9.47 Å². The Kier molecular flexibility index (Phi) is 3.79. The summed E-state index contributed by atoms with van der Waals surface area (Å²) < 4.78 is 10.1. The highest BCUT2D eigenvalue weighted by Gasteiger charge is 2.24. The van der Waals surface area contributed by atoms with Gasteiger partial charge in [0.1, 0.15) is 0 Å². The molecule has 0 aliphatic carbocycles. The molecule has 104 valence electrons. The molecule has 0 unspecified atom stereocenters. The molecule has 0 radical (unpaired) electrons. The van der Waals surface area contributed by atoms with Crippen LogP contribution >= 0.6 is 0 Å². The zero-order valence-corrected chi connectivity index (χ0v) is 11.1. The van der Waals surface area contributed by atoms with Crippen LogP contribution in [-0.4, -0.2) is 30.2 Å². The first-order valence-electron chi connectivity index (χ1n) is 5.86. The Morgan fingerprint density at radius 1 is 1.00 bits per heavy atom. The smallest absolute Gasteiger partial charge is 0.207 e. The van der Waals surface area contributed by atoms with Gasteiger partial charge in [-0.05, 0) is 6.07 Å². The normalized spacial score (nSPS) is 10.1. The van der Waals surface area contributed by atoms with Crippen LogP contribution in [0.5, 0.6) is 23.0 Å². The fourth-order valence-electron chi connectivity index (χ4n) is 1.92. The summed E-state index contributed by atoms with van der Waals surface area (Å²) >= 11 is 0. The van der Waals surface area contributed by atoms with Gasteiger partial charge in [-0.3, -0.25) is 4.79 Å². The van der Waals surface area contributed by atoms with Crippen LogP contribution in [0.1, 0.15) is 15.9 Å². The molecule has 0 atom stereocenters. The van der Waals surface area contributed by atoms with Gasteiger partial charge in [0.05, 0.1) is 19.8 Å². The van der Waals surface area contributed by atoms with Gasteiger partial charge in [0.2, 0.25) is 11.5 Å². The lowest BCUT2D eigenvalue weighted by Crippen LogP contribution is -2.05. The molecule has 2 aromatic carbocycles. The third kappa shape index (κ3) is 2.25. The van der Waals surface area contributed by atoms with E-state index >= 15 is 0 Å². The number of hydrogen-bond acceptors (Lipinski definition) is 5. The van der Waals surface area contributed by atoms with Crippen LogP contribution in [0, 0.1) is 0 Å². The number of rotatable bonds is 4. The molecule has 0 aromatic heterocycles. The van der Waals surface area contributed by atoms with Crippen molar-refractivity contribution in [3.63, 3.8) is 0 Å². The standard InChI is InChI=1S/C15H14O5/c1-19-14-10(8-11(16)13(18)15(14)20-2)12(17)9-6-4-3-5-7-9/h3-8,16,18H,1-2H3. The Labute approximate surface area is 116 Å². The number of phenols is 2. The predicted octanol–water partition coefficient (Wildman–Crippen LogP) is 2.35. The maximum Gasteiger partial charge on any atom is 0.207 e. The van der Waals surface area contributed by atoms with Crippen molar-refractivity contribution in [1.29, 1.82) is 0 Å². The number of methoxy groups -OCH3 is 2. The van der Waals surface area contributed by atoms with Gasteiger partial charge in [0, 0.05) is 5.56 Å². The molecular formula is C15H14O5. The van der Waals surface area contributed by atoms with Crippen LogP contribution in [0.2, 0.25) is 0 Å². The number of ketones is 1. The Balaban J connectivity index is 2.62. The summed E-state index contributed by atoms with van der Waals surface area (Å²) in [5.41, 5.74) is 0.559. The van der Waals surface area contributed by atoms with Crippen LogP contribution in [-0.2, 0) is 0 Å². The predicted molar refractivity (Wildman–Crippen MR) is 72.8 cm³/mol. The molecule has 0 saturated heterocycles. The number of carbonyl (C=O) groups is 1. The van der Waals surface area contributed by atoms with Crippen molar-refractivity contribution < 1.29 is 24.5 Å². The molecule has 0 aliphatic heterocycles. The second-order valence-corrected chi connectivity index (χ2v) is 4.05. The fourth-order valence-corrected chi connectivity index (χ4v) is 1.92. The molecule has 0 heterocycles. The third-order valence-electron chi connectivity index (χ3n) is 2.88. The lowest BCUT2D eigenvalue weighted by molar-refractivity contribution is 0.103. The zero-order chi connectivity index (χ0) is 14.7. The summed E-state index contributed by atoms with van der Waals surface area (Å²) in [6.07, 6.45) is 0. The summed E-state index contributed by atoms with van der Waals surface area (Å²) in [5, 5.41) is 19.4. The first-order chi connectivity index (χ1) is 9.60. The van der Waals surface area contributed by atoms with Gasteiger partial charge in [-0.25, -0.2) is 0 Å². The molecule has 5 heteroatoms. The number of phenolic OH excluding ortho intramolecular Hbond substituents is 2. The Morgan fingerprint density at radius 2 is 1.60 bits per heavy atom. The van der Waals surface area contributed by atoms with E-state index in [-0.39, 0.29) is 22.8 Å². The number of benzene rings is 2. The van der Waals surface area contributed by atoms with E-state index < -0.39 is 11.5 Å². The summed E-state index contributed by atoms with van der Waals surface area (Å²) in [4.78, 5) is 12.4. The third-order valence-corrected chi connectivity index (χ3v) is 2.88. The minimum Gasteiger partial charge on any atom is -0.504 e. The second kappa shape index (κ2) is 5.52. The highest BCUT2D eigenvalue weighted by molar-refractivity contribution is 6.11. The first-order valence-corrected chi connectivity index (χ1v) is 5.86. The maximum atomic E-state index is 12.4. The molecule has 0 spiro atoms. The van der Waals surface area contributed by atoms with Crippen molar-refractivity contribution >= 4 is 5.78 Å². The van der Waals surface area contributed by atoms with E-state index in [0.717, 1.165) is 6.07 Å². The molecule has 0 saturated carbocycles. The Bertz CT molecular complexity index is 634. The van der Waals surface area contributed by atoms with Crippen LogP contribution in [0.3, 0.4) is 0 Å². The van der Waals surface area contributed by atoms with E-state index in [1.165, 1.54) is 14.2 Å². The van der Waals surface area contributed by atoms with Crippen molar-refractivity contribution in [2.75, 3.05) is 14.2 Å². The van der Waals surface area contributed by atoms with Crippen molar-refractivity contribution in [2.45, 2.75) is 0 Å². The molecule has 2 aromatic rings. The van der Waals surface area contributed by atoms with E-state index in [0.29, 0.717) is 5.56 Å². The van der Waals surface area contributed by atoms with Gasteiger partial charge < -0.3 is 19.7 Å². The number of ether oxygens (including phenoxy) is 2. The molecule has 20 heavy (non-hydrogen) atoms. The Morgan fingerprint density at radius 3 is 2.15 bits per heavy atom. The van der Waals surface area contributed by atoms with Gasteiger partial charge in [-0.1, -0.05) is 30.3 Å². The van der Waals surface area contributed by atoms with E-state index in [1.807, 2.05) is 0 Å². The second-order valence-electron chi connectivity index (χ2n) is 4.05. The lowest BCUT2D eigenvalue weighted by atomic mass is 10.0. The lowest BCUT2D eigenvalue weighted by Gasteiger charge is -2.14. The van der Waals surface area contributed by atoms with E-state index in [1.54, 1.807) is 30.3 Å². The number of carbonyl (C=O) groups excluding carboxylic acids is 1. The van der Waals surface area contributed by atoms with Gasteiger partial charge in [-0.2, -0.15) is 0 Å².